The van der Waals surface area contributed by atoms with Crippen LogP contribution in [-0.2, 0) is 13.6 Å². The van der Waals surface area contributed by atoms with Gasteiger partial charge in [0, 0.05) is 19.2 Å². The molecule has 2 heterocycles. The van der Waals surface area contributed by atoms with E-state index in [2.05, 4.69) is 10.00 Å². The van der Waals surface area contributed by atoms with Crippen molar-refractivity contribution < 1.29 is 0 Å². The molecule has 0 atom stereocenters. The highest BCUT2D eigenvalue weighted by atomic mass is 35.5. The maximum Gasteiger partial charge on any atom is 0.131 e. The van der Waals surface area contributed by atoms with E-state index in [1.807, 2.05) is 14.0 Å². The van der Waals surface area contributed by atoms with Gasteiger partial charge in [0.2, 0.25) is 0 Å². The van der Waals surface area contributed by atoms with Crippen molar-refractivity contribution in [1.29, 1.82) is 0 Å². The van der Waals surface area contributed by atoms with Crippen molar-refractivity contribution in [3.8, 4) is 0 Å². The third-order valence-electron chi connectivity index (χ3n) is 3.10. The number of likely N-dealkylation sites (tertiary alicyclic amines) is 1. The van der Waals surface area contributed by atoms with Gasteiger partial charge in [0.1, 0.15) is 5.15 Å². The summed E-state index contributed by atoms with van der Waals surface area (Å²) in [5.41, 5.74) is 2.26. The molecular formula is C11H18ClN3. The van der Waals surface area contributed by atoms with Crippen LogP contribution in [0.1, 0.15) is 30.5 Å². The summed E-state index contributed by atoms with van der Waals surface area (Å²) in [6, 6.07) is 0. The first kappa shape index (κ1) is 11.0. The summed E-state index contributed by atoms with van der Waals surface area (Å²) < 4.78 is 1.76. The molecular weight excluding hydrogens is 210 g/mol. The predicted molar refractivity (Wildman–Crippen MR) is 62.1 cm³/mol. The number of nitrogens with zero attached hydrogens (tertiary/aromatic N) is 3. The van der Waals surface area contributed by atoms with E-state index in [0.717, 1.165) is 17.4 Å². The molecule has 0 aromatic carbocycles. The van der Waals surface area contributed by atoms with Gasteiger partial charge in [-0.15, -0.1) is 0 Å². The van der Waals surface area contributed by atoms with Crippen LogP contribution in [0.5, 0.6) is 0 Å². The Bertz CT molecular complexity index is 340. The number of aryl methyl sites for hydroxylation is 2. The molecule has 0 N–H and O–H groups in total. The molecule has 0 amide bonds. The largest absolute Gasteiger partial charge is 0.299 e. The van der Waals surface area contributed by atoms with E-state index >= 15 is 0 Å². The van der Waals surface area contributed by atoms with Crippen LogP contribution in [0.3, 0.4) is 0 Å². The minimum atomic E-state index is 0.790. The molecule has 1 aromatic heterocycles. The molecule has 2 rings (SSSR count). The summed E-state index contributed by atoms with van der Waals surface area (Å²) in [4.78, 5) is 2.47. The highest BCUT2D eigenvalue weighted by Gasteiger charge is 2.16. The molecule has 1 aliphatic rings. The number of hydrogen-bond donors (Lipinski definition) is 0. The average molecular weight is 228 g/mol. The van der Waals surface area contributed by atoms with Crippen molar-refractivity contribution in [2.45, 2.75) is 32.7 Å². The number of rotatable bonds is 2. The first-order chi connectivity index (χ1) is 7.18. The molecule has 15 heavy (non-hydrogen) atoms. The lowest BCUT2D eigenvalue weighted by Gasteiger charge is -2.26. The van der Waals surface area contributed by atoms with Gasteiger partial charge < -0.3 is 0 Å². The lowest BCUT2D eigenvalue weighted by atomic mass is 10.1. The van der Waals surface area contributed by atoms with Gasteiger partial charge in [0.05, 0.1) is 5.69 Å². The monoisotopic (exact) mass is 227 g/mol. The quantitative estimate of drug-likeness (QED) is 0.774. The summed E-state index contributed by atoms with van der Waals surface area (Å²) in [6.07, 6.45) is 4.00. The Labute approximate surface area is 96.0 Å². The van der Waals surface area contributed by atoms with Crippen molar-refractivity contribution in [1.82, 2.24) is 14.7 Å². The minimum absolute atomic E-state index is 0.790. The number of hydrogen-bond acceptors (Lipinski definition) is 2. The standard InChI is InChI=1S/C11H18ClN3/c1-9-10(11(12)14(2)13-9)8-15-6-4-3-5-7-15/h3-8H2,1-2H3. The molecule has 0 aliphatic carbocycles. The Morgan fingerprint density at radius 1 is 1.27 bits per heavy atom. The molecule has 1 saturated heterocycles. The minimum Gasteiger partial charge on any atom is -0.299 e. The first-order valence-electron chi connectivity index (χ1n) is 5.59. The van der Waals surface area contributed by atoms with E-state index in [0.29, 0.717) is 0 Å². The summed E-state index contributed by atoms with van der Waals surface area (Å²) >= 11 is 6.21. The van der Waals surface area contributed by atoms with Crippen LogP contribution >= 0.6 is 11.6 Å². The fourth-order valence-electron chi connectivity index (χ4n) is 2.19. The van der Waals surface area contributed by atoms with Crippen LogP contribution in [-0.4, -0.2) is 27.8 Å². The zero-order chi connectivity index (χ0) is 10.8. The van der Waals surface area contributed by atoms with Crippen molar-refractivity contribution >= 4 is 11.6 Å². The summed E-state index contributed by atoms with van der Waals surface area (Å²) in [5, 5.41) is 5.12. The molecule has 1 fully saturated rings. The van der Waals surface area contributed by atoms with Gasteiger partial charge >= 0.3 is 0 Å². The molecule has 0 bridgehead atoms. The second kappa shape index (κ2) is 4.54. The van der Waals surface area contributed by atoms with Gasteiger partial charge in [-0.2, -0.15) is 5.10 Å². The first-order valence-corrected chi connectivity index (χ1v) is 5.96. The zero-order valence-corrected chi connectivity index (χ0v) is 10.2. The van der Waals surface area contributed by atoms with Gasteiger partial charge in [0.15, 0.2) is 0 Å². The van der Waals surface area contributed by atoms with Crippen molar-refractivity contribution in [2.24, 2.45) is 7.05 Å². The van der Waals surface area contributed by atoms with Gasteiger partial charge in [-0.25, -0.2) is 0 Å². The average Bonchev–Trinajstić information content (AvgIpc) is 2.47. The molecule has 0 spiro atoms. The molecule has 84 valence electrons. The topological polar surface area (TPSA) is 21.1 Å². The van der Waals surface area contributed by atoms with E-state index in [9.17, 15) is 0 Å². The van der Waals surface area contributed by atoms with E-state index in [1.54, 1.807) is 4.68 Å². The zero-order valence-electron chi connectivity index (χ0n) is 9.46. The Balaban J connectivity index is 2.09. The number of halogens is 1. The fraction of sp³-hybridized carbons (Fsp3) is 0.727. The maximum atomic E-state index is 6.21. The van der Waals surface area contributed by atoms with Crippen molar-refractivity contribution in [3.63, 3.8) is 0 Å². The summed E-state index contributed by atoms with van der Waals surface area (Å²) in [5.74, 6) is 0. The highest BCUT2D eigenvalue weighted by molar-refractivity contribution is 6.30. The summed E-state index contributed by atoms with van der Waals surface area (Å²) in [6.45, 7) is 5.39. The van der Waals surface area contributed by atoms with Crippen molar-refractivity contribution in [3.05, 3.63) is 16.4 Å². The van der Waals surface area contributed by atoms with E-state index in [-0.39, 0.29) is 0 Å². The summed E-state index contributed by atoms with van der Waals surface area (Å²) in [7, 11) is 1.90. The van der Waals surface area contributed by atoms with Gasteiger partial charge in [-0.1, -0.05) is 18.0 Å². The van der Waals surface area contributed by atoms with Crippen LogP contribution in [0.15, 0.2) is 0 Å². The smallest absolute Gasteiger partial charge is 0.131 e. The molecule has 4 heteroatoms. The van der Waals surface area contributed by atoms with Gasteiger partial charge in [-0.3, -0.25) is 9.58 Å². The third-order valence-corrected chi connectivity index (χ3v) is 3.57. The second-order valence-corrected chi connectivity index (χ2v) is 4.67. The lowest BCUT2D eigenvalue weighted by Crippen LogP contribution is -2.29. The Morgan fingerprint density at radius 3 is 2.47 bits per heavy atom. The highest BCUT2D eigenvalue weighted by Crippen LogP contribution is 2.22. The van der Waals surface area contributed by atoms with Gasteiger partial charge in [0.25, 0.3) is 0 Å². The molecule has 3 nitrogen and oxygen atoms in total. The van der Waals surface area contributed by atoms with Crippen LogP contribution in [0, 0.1) is 6.92 Å². The van der Waals surface area contributed by atoms with Gasteiger partial charge in [-0.05, 0) is 32.9 Å². The van der Waals surface area contributed by atoms with E-state index in [1.165, 1.54) is 37.9 Å². The van der Waals surface area contributed by atoms with Crippen molar-refractivity contribution in [2.75, 3.05) is 13.1 Å². The molecule has 0 unspecified atom stereocenters. The predicted octanol–water partition coefficient (Wildman–Crippen LogP) is 2.37. The Hall–Kier alpha value is -0.540. The Morgan fingerprint density at radius 2 is 1.93 bits per heavy atom. The SMILES string of the molecule is Cc1nn(C)c(Cl)c1CN1CCCCC1. The van der Waals surface area contributed by atoms with Crippen LogP contribution in [0.25, 0.3) is 0 Å². The van der Waals surface area contributed by atoms with Crippen LogP contribution < -0.4 is 0 Å². The van der Waals surface area contributed by atoms with Crippen LogP contribution in [0.4, 0.5) is 0 Å². The normalized spacial score (nSPS) is 18.3. The van der Waals surface area contributed by atoms with E-state index < -0.39 is 0 Å². The lowest BCUT2D eigenvalue weighted by molar-refractivity contribution is 0.220. The molecule has 1 aliphatic heterocycles. The molecule has 0 saturated carbocycles. The van der Waals surface area contributed by atoms with E-state index in [4.69, 9.17) is 11.6 Å². The van der Waals surface area contributed by atoms with Crippen LogP contribution in [0.2, 0.25) is 5.15 Å². The Kier molecular flexibility index (Phi) is 3.32. The fourth-order valence-corrected chi connectivity index (χ4v) is 2.43. The number of piperidine rings is 1. The second-order valence-electron chi connectivity index (χ2n) is 4.32. The molecule has 0 radical (unpaired) electrons. The number of aromatic nitrogens is 2. The maximum absolute atomic E-state index is 6.21. The molecule has 1 aromatic rings. The third kappa shape index (κ3) is 2.34.